The summed E-state index contributed by atoms with van der Waals surface area (Å²) in [7, 11) is 0. The van der Waals surface area contributed by atoms with Gasteiger partial charge in [-0.05, 0) is 65.6 Å². The van der Waals surface area contributed by atoms with E-state index >= 15 is 0 Å². The molecule has 0 unspecified atom stereocenters. The van der Waals surface area contributed by atoms with Gasteiger partial charge in [0.1, 0.15) is 36.3 Å². The van der Waals surface area contributed by atoms with Gasteiger partial charge < -0.3 is 29.9 Å². The first-order valence-electron chi connectivity index (χ1n) is 10.7. The van der Waals surface area contributed by atoms with E-state index in [-0.39, 0.29) is 5.75 Å². The molecule has 1 aliphatic carbocycles. The van der Waals surface area contributed by atoms with Gasteiger partial charge in [0, 0.05) is 5.56 Å². The third kappa shape index (κ3) is 4.21. The van der Waals surface area contributed by atoms with Crippen LogP contribution < -0.4 is 4.74 Å². The third-order valence-electron chi connectivity index (χ3n) is 6.45. The second-order valence-electron chi connectivity index (χ2n) is 8.30. The van der Waals surface area contributed by atoms with E-state index < -0.39 is 44.0 Å². The van der Waals surface area contributed by atoms with Gasteiger partial charge in [-0.15, -0.1) is 0 Å². The van der Waals surface area contributed by atoms with Crippen LogP contribution in [0.1, 0.15) is 46.4 Å². The third-order valence-corrected chi connectivity index (χ3v) is 6.45. The van der Waals surface area contributed by atoms with Gasteiger partial charge in [-0.2, -0.15) is 0 Å². The van der Waals surface area contributed by atoms with Crippen molar-refractivity contribution in [2.24, 2.45) is 0 Å². The van der Waals surface area contributed by atoms with E-state index in [4.69, 9.17) is 9.47 Å². The number of aliphatic hydroxyl groups is 4. The van der Waals surface area contributed by atoms with Gasteiger partial charge in [0.2, 0.25) is 6.86 Å². The molecule has 0 aromatic heterocycles. The number of aliphatic hydroxyl groups excluding tert-OH is 4. The van der Waals surface area contributed by atoms with Crippen molar-refractivity contribution in [3.63, 3.8) is 0 Å². The van der Waals surface area contributed by atoms with Crippen molar-refractivity contribution in [1.29, 1.82) is 0 Å². The molecule has 6 nitrogen and oxygen atoms in total. The maximum absolute atomic E-state index is 13.1. The molecule has 1 aliphatic heterocycles. The van der Waals surface area contributed by atoms with Gasteiger partial charge in [-0.1, -0.05) is 25.1 Å². The van der Waals surface area contributed by atoms with E-state index in [1.54, 1.807) is 6.07 Å². The van der Waals surface area contributed by atoms with E-state index in [1.165, 1.54) is 11.1 Å². The summed E-state index contributed by atoms with van der Waals surface area (Å²) in [6.45, 7) is 0.413. The standard InChI is InChI=1S/C24H29FO6/c1-2-14-10-19(30-12-25)18(24-23(29)22(28)21(27)20(11-26)31-24)9-17(14)8-13-3-4-15-5-6-16(15)7-13/h3-4,7,9-10,20-24,26-29H,2,5-6,8,11-12H2,1H3/t20-,21-,22+,23-,24+/m1/s1. The number of alkyl halides is 1. The second kappa shape index (κ2) is 9.22. The second-order valence-corrected chi connectivity index (χ2v) is 8.30. The van der Waals surface area contributed by atoms with Crippen LogP contribution in [0.4, 0.5) is 4.39 Å². The first kappa shape index (κ1) is 22.2. The zero-order valence-corrected chi connectivity index (χ0v) is 17.5. The molecule has 1 saturated heterocycles. The molecule has 1 fully saturated rings. The Morgan fingerprint density at radius 2 is 1.77 bits per heavy atom. The molecule has 5 atom stereocenters. The Hall–Kier alpha value is -2.03. The molecular weight excluding hydrogens is 403 g/mol. The molecule has 0 bridgehead atoms. The number of halogens is 1. The van der Waals surface area contributed by atoms with Gasteiger partial charge in [0.25, 0.3) is 0 Å². The summed E-state index contributed by atoms with van der Waals surface area (Å²) in [6, 6.07) is 10.0. The van der Waals surface area contributed by atoms with Crippen LogP contribution in [0.3, 0.4) is 0 Å². The maximum Gasteiger partial charge on any atom is 0.228 e. The molecule has 0 amide bonds. The summed E-state index contributed by atoms with van der Waals surface area (Å²) in [5.74, 6) is 0.213. The van der Waals surface area contributed by atoms with Crippen molar-refractivity contribution >= 4 is 0 Å². The first-order chi connectivity index (χ1) is 15.0. The lowest BCUT2D eigenvalue weighted by atomic mass is 9.85. The van der Waals surface area contributed by atoms with Crippen LogP contribution in [-0.2, 0) is 30.4 Å². The smallest absolute Gasteiger partial charge is 0.228 e. The van der Waals surface area contributed by atoms with Crippen LogP contribution >= 0.6 is 0 Å². The number of hydrogen-bond donors (Lipinski definition) is 4. The topological polar surface area (TPSA) is 99.4 Å². The Morgan fingerprint density at radius 3 is 2.39 bits per heavy atom. The summed E-state index contributed by atoms with van der Waals surface area (Å²) in [5, 5.41) is 40.4. The Bertz CT molecular complexity index is 931. The van der Waals surface area contributed by atoms with Crippen molar-refractivity contribution in [2.45, 2.75) is 63.1 Å². The minimum atomic E-state index is -1.52. The highest BCUT2D eigenvalue weighted by Gasteiger charge is 2.45. The average molecular weight is 432 g/mol. The normalized spacial score (nSPS) is 27.5. The molecule has 2 aromatic rings. The largest absolute Gasteiger partial charge is 0.463 e. The van der Waals surface area contributed by atoms with E-state index in [2.05, 4.69) is 18.2 Å². The molecule has 0 radical (unpaired) electrons. The zero-order chi connectivity index (χ0) is 22.1. The lowest BCUT2D eigenvalue weighted by Gasteiger charge is -2.40. The quantitative estimate of drug-likeness (QED) is 0.532. The molecule has 1 heterocycles. The number of hydrogen-bond acceptors (Lipinski definition) is 6. The fraction of sp³-hybridized carbons (Fsp3) is 0.500. The fourth-order valence-electron chi connectivity index (χ4n) is 4.52. The molecule has 4 rings (SSSR count). The van der Waals surface area contributed by atoms with E-state index in [0.29, 0.717) is 18.4 Å². The summed E-state index contributed by atoms with van der Waals surface area (Å²) in [5.41, 5.74) is 6.26. The molecule has 0 saturated carbocycles. The number of aryl methyl sites for hydroxylation is 3. The van der Waals surface area contributed by atoms with Crippen LogP contribution in [0.25, 0.3) is 0 Å². The fourth-order valence-corrected chi connectivity index (χ4v) is 4.52. The predicted octanol–water partition coefficient (Wildman–Crippen LogP) is 1.76. The summed E-state index contributed by atoms with van der Waals surface area (Å²) in [6.07, 6.45) is -3.02. The number of fused-ring (bicyclic) bond motifs is 1. The monoisotopic (exact) mass is 432 g/mol. The van der Waals surface area contributed by atoms with Gasteiger partial charge in [0.15, 0.2) is 0 Å². The zero-order valence-electron chi connectivity index (χ0n) is 17.5. The van der Waals surface area contributed by atoms with Gasteiger partial charge in [-0.25, -0.2) is 4.39 Å². The minimum absolute atomic E-state index is 0.213. The van der Waals surface area contributed by atoms with Gasteiger partial charge in [-0.3, -0.25) is 0 Å². The van der Waals surface area contributed by atoms with Crippen molar-refractivity contribution in [3.8, 4) is 5.75 Å². The molecule has 7 heteroatoms. The van der Waals surface area contributed by atoms with Gasteiger partial charge >= 0.3 is 0 Å². The average Bonchev–Trinajstić information content (AvgIpc) is 2.75. The summed E-state index contributed by atoms with van der Waals surface area (Å²) < 4.78 is 24.0. The molecule has 4 N–H and O–H groups in total. The van der Waals surface area contributed by atoms with Crippen LogP contribution in [-0.4, -0.2) is 58.3 Å². The number of ether oxygens (including phenoxy) is 2. The highest BCUT2D eigenvalue weighted by molar-refractivity contribution is 5.48. The van der Waals surface area contributed by atoms with E-state index in [1.807, 2.05) is 13.0 Å². The Balaban J connectivity index is 1.73. The summed E-state index contributed by atoms with van der Waals surface area (Å²) >= 11 is 0. The molecule has 168 valence electrons. The Morgan fingerprint density at radius 1 is 1.00 bits per heavy atom. The minimum Gasteiger partial charge on any atom is -0.463 e. The van der Waals surface area contributed by atoms with Crippen molar-refractivity contribution in [3.05, 3.63) is 63.7 Å². The highest BCUT2D eigenvalue weighted by Crippen LogP contribution is 2.39. The van der Waals surface area contributed by atoms with Crippen molar-refractivity contribution < 1.29 is 34.3 Å². The molecule has 2 aliphatic rings. The first-order valence-corrected chi connectivity index (χ1v) is 10.7. The summed E-state index contributed by atoms with van der Waals surface area (Å²) in [4.78, 5) is 0. The van der Waals surface area contributed by atoms with Crippen LogP contribution in [0.2, 0.25) is 0 Å². The van der Waals surface area contributed by atoms with Crippen LogP contribution in [0.5, 0.6) is 5.75 Å². The molecule has 2 aromatic carbocycles. The highest BCUT2D eigenvalue weighted by atomic mass is 19.1. The lowest BCUT2D eigenvalue weighted by Crippen LogP contribution is -2.55. The number of rotatable bonds is 7. The Labute approximate surface area is 180 Å². The predicted molar refractivity (Wildman–Crippen MR) is 112 cm³/mol. The van der Waals surface area contributed by atoms with Crippen molar-refractivity contribution in [1.82, 2.24) is 0 Å². The van der Waals surface area contributed by atoms with Crippen molar-refractivity contribution in [2.75, 3.05) is 13.5 Å². The molecule has 0 spiro atoms. The SMILES string of the molecule is CCc1cc(OCF)c([C@@H]2O[C@H](CO)[C@@H](O)[C@H](O)[C@H]2O)cc1Cc1ccc2c(c1)CC2. The van der Waals surface area contributed by atoms with Gasteiger partial charge in [0.05, 0.1) is 6.61 Å². The molecule has 31 heavy (non-hydrogen) atoms. The maximum atomic E-state index is 13.1. The van der Waals surface area contributed by atoms with Crippen LogP contribution in [0, 0.1) is 0 Å². The number of benzene rings is 2. The Kier molecular flexibility index (Phi) is 6.60. The molecular formula is C24H29FO6. The van der Waals surface area contributed by atoms with E-state index in [9.17, 15) is 24.8 Å². The van der Waals surface area contributed by atoms with E-state index in [0.717, 1.165) is 29.5 Å². The van der Waals surface area contributed by atoms with Crippen LogP contribution in [0.15, 0.2) is 30.3 Å². The lowest BCUT2D eigenvalue weighted by molar-refractivity contribution is -0.232.